The number of carbonyl (C=O) groups excluding carboxylic acids is 1. The van der Waals surface area contributed by atoms with Crippen LogP contribution < -0.4 is 4.74 Å². The summed E-state index contributed by atoms with van der Waals surface area (Å²) in [7, 11) is 0. The second kappa shape index (κ2) is 11.6. The molecule has 1 heterocycles. The second-order valence-electron chi connectivity index (χ2n) is 8.28. The third-order valence-electron chi connectivity index (χ3n) is 6.21. The molecule has 0 amide bonds. The van der Waals surface area contributed by atoms with Crippen molar-refractivity contribution < 1.29 is 14.3 Å². The Kier molecular flexibility index (Phi) is 8.53. The number of para-hydroxylation sites is 1. The number of rotatable bonds is 10. The van der Waals surface area contributed by atoms with Crippen molar-refractivity contribution in [2.75, 3.05) is 6.61 Å². The zero-order valence-corrected chi connectivity index (χ0v) is 18.6. The van der Waals surface area contributed by atoms with Crippen molar-refractivity contribution in [2.45, 2.75) is 64.4 Å². The molecule has 1 aliphatic rings. The molecule has 0 aliphatic carbocycles. The van der Waals surface area contributed by atoms with Crippen molar-refractivity contribution in [3.63, 3.8) is 0 Å². The van der Waals surface area contributed by atoms with E-state index < -0.39 is 11.9 Å². The van der Waals surface area contributed by atoms with Gasteiger partial charge in [0, 0.05) is 11.8 Å². The van der Waals surface area contributed by atoms with Crippen LogP contribution in [0.25, 0.3) is 0 Å². The second-order valence-corrected chi connectivity index (χ2v) is 8.28. The summed E-state index contributed by atoms with van der Waals surface area (Å²) in [5.41, 5.74) is 2.13. The van der Waals surface area contributed by atoms with Gasteiger partial charge in [-0.2, -0.15) is 5.26 Å². The Hall–Kier alpha value is -2.80. The molecule has 4 heteroatoms. The maximum absolute atomic E-state index is 12.8. The number of fused-ring (bicyclic) bond motifs is 1. The first-order valence-electron chi connectivity index (χ1n) is 11.5. The molecule has 4 nitrogen and oxygen atoms in total. The number of unbranched alkanes of at least 4 members (excludes halogenated alkanes) is 3. The molecule has 1 aliphatic heterocycles. The van der Waals surface area contributed by atoms with E-state index >= 15 is 0 Å². The minimum Gasteiger partial charge on any atom is -0.490 e. The highest BCUT2D eigenvalue weighted by molar-refractivity contribution is 5.76. The van der Waals surface area contributed by atoms with Gasteiger partial charge >= 0.3 is 5.97 Å². The van der Waals surface area contributed by atoms with Crippen LogP contribution in [-0.2, 0) is 16.0 Å². The van der Waals surface area contributed by atoms with Crippen LogP contribution in [0.1, 0.15) is 63.0 Å². The SMILES string of the molecule is CCCCCCC1Oc2ccccc2CC1C(c1ccccc1)C(C#N)C(=O)OCC. The molecule has 3 rings (SSSR count). The molecule has 31 heavy (non-hydrogen) atoms. The van der Waals surface area contributed by atoms with Gasteiger partial charge in [0.25, 0.3) is 0 Å². The predicted octanol–water partition coefficient (Wildman–Crippen LogP) is 6.06. The van der Waals surface area contributed by atoms with E-state index in [9.17, 15) is 10.1 Å². The molecule has 0 aromatic heterocycles. The maximum Gasteiger partial charge on any atom is 0.323 e. The summed E-state index contributed by atoms with van der Waals surface area (Å²) < 4.78 is 11.8. The lowest BCUT2D eigenvalue weighted by Crippen LogP contribution is -2.41. The number of hydrogen-bond acceptors (Lipinski definition) is 4. The average Bonchev–Trinajstić information content (AvgIpc) is 2.80. The third-order valence-corrected chi connectivity index (χ3v) is 6.21. The summed E-state index contributed by atoms with van der Waals surface area (Å²) in [5, 5.41) is 10.0. The highest BCUT2D eigenvalue weighted by Gasteiger charge is 2.43. The summed E-state index contributed by atoms with van der Waals surface area (Å²) in [6.45, 7) is 4.25. The first kappa shape index (κ1) is 22.9. The topological polar surface area (TPSA) is 59.3 Å². The molecule has 4 atom stereocenters. The van der Waals surface area contributed by atoms with Gasteiger partial charge in [-0.1, -0.05) is 74.7 Å². The summed E-state index contributed by atoms with van der Waals surface area (Å²) in [5.74, 6) is -0.639. The van der Waals surface area contributed by atoms with Crippen LogP contribution in [0.2, 0.25) is 0 Å². The number of nitrogens with zero attached hydrogens (tertiary/aromatic N) is 1. The van der Waals surface area contributed by atoms with Crippen LogP contribution in [0.15, 0.2) is 54.6 Å². The summed E-state index contributed by atoms with van der Waals surface area (Å²) in [4.78, 5) is 12.8. The van der Waals surface area contributed by atoms with Gasteiger partial charge in [0.05, 0.1) is 12.7 Å². The maximum atomic E-state index is 12.8. The molecule has 2 aromatic carbocycles. The standard InChI is InChI=1S/C27H33NO3/c1-3-5-6-10-17-25-22(18-21-15-11-12-16-24(21)31-25)26(20-13-8-7-9-14-20)23(19-28)27(29)30-4-2/h7-9,11-16,22-23,25-26H,3-6,10,17-18H2,1-2H3. The number of nitriles is 1. The van der Waals surface area contributed by atoms with E-state index in [1.54, 1.807) is 6.92 Å². The minimum atomic E-state index is -0.862. The Labute approximate surface area is 186 Å². The summed E-state index contributed by atoms with van der Waals surface area (Å²) in [6.07, 6.45) is 6.30. The molecular weight excluding hydrogens is 386 g/mol. The molecule has 0 fully saturated rings. The molecule has 2 aromatic rings. The molecule has 0 saturated carbocycles. The fourth-order valence-electron chi connectivity index (χ4n) is 4.70. The number of benzene rings is 2. The molecule has 0 saturated heterocycles. The zero-order valence-electron chi connectivity index (χ0n) is 18.6. The number of carbonyl (C=O) groups is 1. The van der Waals surface area contributed by atoms with Crippen LogP contribution in [0.3, 0.4) is 0 Å². The van der Waals surface area contributed by atoms with E-state index in [1.165, 1.54) is 19.3 Å². The first-order valence-corrected chi connectivity index (χ1v) is 11.5. The van der Waals surface area contributed by atoms with Gasteiger partial charge in [0.15, 0.2) is 5.92 Å². The van der Waals surface area contributed by atoms with Gasteiger partial charge in [-0.05, 0) is 43.4 Å². The fraction of sp³-hybridized carbons (Fsp3) is 0.481. The van der Waals surface area contributed by atoms with Gasteiger partial charge in [0.2, 0.25) is 0 Å². The Morgan fingerprint density at radius 1 is 1.10 bits per heavy atom. The highest BCUT2D eigenvalue weighted by Crippen LogP contribution is 2.43. The van der Waals surface area contributed by atoms with Gasteiger partial charge in [-0.25, -0.2) is 0 Å². The van der Waals surface area contributed by atoms with Crippen LogP contribution in [0.4, 0.5) is 0 Å². The van der Waals surface area contributed by atoms with Crippen molar-refractivity contribution in [1.82, 2.24) is 0 Å². The normalized spacial score (nSPS) is 19.4. The van der Waals surface area contributed by atoms with Crippen molar-refractivity contribution in [2.24, 2.45) is 11.8 Å². The van der Waals surface area contributed by atoms with Crippen molar-refractivity contribution >= 4 is 5.97 Å². The summed E-state index contributed by atoms with van der Waals surface area (Å²) in [6, 6.07) is 20.3. The van der Waals surface area contributed by atoms with Gasteiger partial charge < -0.3 is 9.47 Å². The monoisotopic (exact) mass is 419 g/mol. The Bertz CT molecular complexity index is 874. The lowest BCUT2D eigenvalue weighted by atomic mass is 9.70. The van der Waals surface area contributed by atoms with Crippen LogP contribution in [0, 0.1) is 23.2 Å². The molecular formula is C27H33NO3. The molecule has 164 valence electrons. The quantitative estimate of drug-likeness (QED) is 0.347. The van der Waals surface area contributed by atoms with E-state index in [-0.39, 0.29) is 24.5 Å². The first-order chi connectivity index (χ1) is 15.2. The highest BCUT2D eigenvalue weighted by atomic mass is 16.5. The van der Waals surface area contributed by atoms with Crippen molar-refractivity contribution in [3.8, 4) is 11.8 Å². The number of esters is 1. The predicted molar refractivity (Wildman–Crippen MR) is 122 cm³/mol. The Morgan fingerprint density at radius 3 is 2.55 bits per heavy atom. The van der Waals surface area contributed by atoms with E-state index in [0.717, 1.165) is 36.1 Å². The number of hydrogen-bond donors (Lipinski definition) is 0. The minimum absolute atomic E-state index is 0.0213. The van der Waals surface area contributed by atoms with E-state index in [4.69, 9.17) is 9.47 Å². The smallest absolute Gasteiger partial charge is 0.323 e. The van der Waals surface area contributed by atoms with Gasteiger partial charge in [-0.15, -0.1) is 0 Å². The molecule has 0 radical (unpaired) electrons. The molecule has 4 unspecified atom stereocenters. The van der Waals surface area contributed by atoms with Crippen molar-refractivity contribution in [1.29, 1.82) is 5.26 Å². The Morgan fingerprint density at radius 2 is 1.84 bits per heavy atom. The zero-order chi connectivity index (χ0) is 22.1. The van der Waals surface area contributed by atoms with E-state index in [2.05, 4.69) is 19.1 Å². The largest absolute Gasteiger partial charge is 0.490 e. The van der Waals surface area contributed by atoms with Crippen LogP contribution in [0.5, 0.6) is 5.75 Å². The number of ether oxygens (including phenoxy) is 2. The van der Waals surface area contributed by atoms with Crippen LogP contribution in [-0.4, -0.2) is 18.7 Å². The third kappa shape index (κ3) is 5.67. The Balaban J connectivity index is 1.98. The lowest BCUT2D eigenvalue weighted by Gasteiger charge is -2.39. The molecule has 0 N–H and O–H groups in total. The van der Waals surface area contributed by atoms with Gasteiger partial charge in [0.1, 0.15) is 11.9 Å². The molecule has 0 bridgehead atoms. The average molecular weight is 420 g/mol. The molecule has 0 spiro atoms. The fourth-order valence-corrected chi connectivity index (χ4v) is 4.70. The van der Waals surface area contributed by atoms with Crippen molar-refractivity contribution in [3.05, 3.63) is 65.7 Å². The lowest BCUT2D eigenvalue weighted by molar-refractivity contribution is -0.147. The van der Waals surface area contributed by atoms with Gasteiger partial charge in [-0.3, -0.25) is 4.79 Å². The van der Waals surface area contributed by atoms with Crippen LogP contribution >= 0.6 is 0 Å². The summed E-state index contributed by atoms with van der Waals surface area (Å²) >= 11 is 0. The van der Waals surface area contributed by atoms with E-state index in [1.807, 2.05) is 48.5 Å². The van der Waals surface area contributed by atoms with E-state index in [0.29, 0.717) is 0 Å².